The molecule has 2 N–H and O–H groups in total. The van der Waals surface area contributed by atoms with Gasteiger partial charge in [0.1, 0.15) is 11.4 Å². The molecule has 1 atom stereocenters. The lowest BCUT2D eigenvalue weighted by Crippen LogP contribution is -2.45. The Bertz CT molecular complexity index is 302. The fourth-order valence-electron chi connectivity index (χ4n) is 1.73. The standard InChI is InChI=1S/C11H15NO2/c1-11(8-12-6-7-14-11)9-2-4-10(13)5-3-9/h2-5,12-13H,6-8H2,1H3. The van der Waals surface area contributed by atoms with Crippen LogP contribution in [0.25, 0.3) is 0 Å². The maximum Gasteiger partial charge on any atom is 0.115 e. The van der Waals surface area contributed by atoms with Gasteiger partial charge >= 0.3 is 0 Å². The first-order chi connectivity index (χ1) is 6.71. The minimum atomic E-state index is -0.258. The van der Waals surface area contributed by atoms with Gasteiger partial charge in [-0.3, -0.25) is 0 Å². The highest BCUT2D eigenvalue weighted by atomic mass is 16.5. The molecule has 14 heavy (non-hydrogen) atoms. The Morgan fingerprint density at radius 3 is 2.64 bits per heavy atom. The molecule has 0 bridgehead atoms. The molecule has 1 aromatic carbocycles. The minimum Gasteiger partial charge on any atom is -0.508 e. The van der Waals surface area contributed by atoms with Crippen molar-refractivity contribution in [1.82, 2.24) is 5.32 Å². The number of hydrogen-bond donors (Lipinski definition) is 2. The van der Waals surface area contributed by atoms with Gasteiger partial charge in [0.15, 0.2) is 0 Å². The molecule has 1 unspecified atom stereocenters. The van der Waals surface area contributed by atoms with Gasteiger partial charge in [-0.05, 0) is 24.6 Å². The molecule has 0 amide bonds. The number of phenols is 1. The second kappa shape index (κ2) is 3.59. The highest BCUT2D eigenvalue weighted by Gasteiger charge is 2.29. The maximum absolute atomic E-state index is 9.18. The van der Waals surface area contributed by atoms with E-state index >= 15 is 0 Å². The Balaban J connectivity index is 2.23. The lowest BCUT2D eigenvalue weighted by molar-refractivity contribution is -0.0572. The van der Waals surface area contributed by atoms with Crippen molar-refractivity contribution in [2.75, 3.05) is 19.7 Å². The first-order valence-corrected chi connectivity index (χ1v) is 4.85. The summed E-state index contributed by atoms with van der Waals surface area (Å²) in [5, 5.41) is 12.5. The van der Waals surface area contributed by atoms with Gasteiger partial charge in [-0.2, -0.15) is 0 Å². The van der Waals surface area contributed by atoms with Gasteiger partial charge in [-0.25, -0.2) is 0 Å². The Morgan fingerprint density at radius 1 is 1.36 bits per heavy atom. The van der Waals surface area contributed by atoms with Gasteiger partial charge in [0.05, 0.1) is 6.61 Å². The zero-order chi connectivity index (χ0) is 10.0. The summed E-state index contributed by atoms with van der Waals surface area (Å²) in [4.78, 5) is 0. The third-order valence-corrected chi connectivity index (χ3v) is 2.64. The Labute approximate surface area is 83.7 Å². The van der Waals surface area contributed by atoms with Crippen molar-refractivity contribution in [3.63, 3.8) is 0 Å². The molecule has 0 spiro atoms. The molecule has 3 heteroatoms. The van der Waals surface area contributed by atoms with Gasteiger partial charge in [-0.1, -0.05) is 12.1 Å². The number of ether oxygens (including phenoxy) is 1. The maximum atomic E-state index is 9.18. The van der Waals surface area contributed by atoms with Crippen LogP contribution in [0.5, 0.6) is 5.75 Å². The Kier molecular flexibility index (Phi) is 2.44. The summed E-state index contributed by atoms with van der Waals surface area (Å²) < 4.78 is 5.75. The first kappa shape index (κ1) is 9.49. The number of benzene rings is 1. The van der Waals surface area contributed by atoms with Gasteiger partial charge in [0.2, 0.25) is 0 Å². The predicted molar refractivity (Wildman–Crippen MR) is 54.3 cm³/mol. The zero-order valence-corrected chi connectivity index (χ0v) is 8.29. The lowest BCUT2D eigenvalue weighted by atomic mass is 9.94. The number of aromatic hydroxyl groups is 1. The van der Waals surface area contributed by atoms with Crippen molar-refractivity contribution in [3.8, 4) is 5.75 Å². The van der Waals surface area contributed by atoms with Crippen LogP contribution in [0.15, 0.2) is 24.3 Å². The molecule has 1 heterocycles. The van der Waals surface area contributed by atoms with Gasteiger partial charge in [-0.15, -0.1) is 0 Å². The minimum absolute atomic E-state index is 0.258. The molecule has 2 rings (SSSR count). The highest BCUT2D eigenvalue weighted by Crippen LogP contribution is 2.27. The summed E-state index contributed by atoms with van der Waals surface area (Å²) in [5.74, 6) is 0.293. The van der Waals surface area contributed by atoms with Crippen LogP contribution in [0.2, 0.25) is 0 Å². The number of rotatable bonds is 1. The molecule has 0 saturated carbocycles. The van der Waals surface area contributed by atoms with Crippen molar-refractivity contribution >= 4 is 0 Å². The van der Waals surface area contributed by atoms with E-state index in [1.54, 1.807) is 12.1 Å². The summed E-state index contributed by atoms with van der Waals surface area (Å²) in [5.41, 5.74) is 0.842. The largest absolute Gasteiger partial charge is 0.508 e. The first-order valence-electron chi connectivity index (χ1n) is 4.85. The van der Waals surface area contributed by atoms with E-state index in [0.717, 1.165) is 25.3 Å². The van der Waals surface area contributed by atoms with Gasteiger partial charge < -0.3 is 15.2 Å². The predicted octanol–water partition coefficient (Wildman–Crippen LogP) is 1.23. The number of nitrogens with one attached hydrogen (secondary N) is 1. The molecule has 1 aliphatic heterocycles. The second-order valence-corrected chi connectivity index (χ2v) is 3.80. The smallest absolute Gasteiger partial charge is 0.115 e. The molecule has 1 saturated heterocycles. The summed E-state index contributed by atoms with van der Waals surface area (Å²) >= 11 is 0. The zero-order valence-electron chi connectivity index (χ0n) is 8.29. The Morgan fingerprint density at radius 2 is 2.07 bits per heavy atom. The van der Waals surface area contributed by atoms with Crippen molar-refractivity contribution in [1.29, 1.82) is 0 Å². The van der Waals surface area contributed by atoms with E-state index < -0.39 is 0 Å². The second-order valence-electron chi connectivity index (χ2n) is 3.80. The van der Waals surface area contributed by atoms with E-state index in [4.69, 9.17) is 4.74 Å². The monoisotopic (exact) mass is 193 g/mol. The van der Waals surface area contributed by atoms with Crippen LogP contribution in [-0.2, 0) is 10.3 Å². The van der Waals surface area contributed by atoms with Crippen LogP contribution in [0.1, 0.15) is 12.5 Å². The van der Waals surface area contributed by atoms with E-state index in [-0.39, 0.29) is 5.60 Å². The molecule has 0 aliphatic carbocycles. The Hall–Kier alpha value is -1.06. The van der Waals surface area contributed by atoms with Crippen LogP contribution >= 0.6 is 0 Å². The fraction of sp³-hybridized carbons (Fsp3) is 0.455. The van der Waals surface area contributed by atoms with Crippen LogP contribution < -0.4 is 5.32 Å². The summed E-state index contributed by atoms with van der Waals surface area (Å²) in [6.07, 6.45) is 0. The molecular weight excluding hydrogens is 178 g/mol. The molecule has 1 fully saturated rings. The average Bonchev–Trinajstić information content (AvgIpc) is 2.19. The molecular formula is C11H15NO2. The molecule has 1 aliphatic rings. The van der Waals surface area contributed by atoms with Crippen LogP contribution in [0, 0.1) is 0 Å². The van der Waals surface area contributed by atoms with E-state index in [9.17, 15) is 5.11 Å². The SMILES string of the molecule is CC1(c2ccc(O)cc2)CNCCO1. The number of morpholine rings is 1. The van der Waals surface area contributed by atoms with Crippen molar-refractivity contribution in [2.45, 2.75) is 12.5 Å². The summed E-state index contributed by atoms with van der Waals surface area (Å²) in [7, 11) is 0. The van der Waals surface area contributed by atoms with Gasteiger partial charge in [0.25, 0.3) is 0 Å². The lowest BCUT2D eigenvalue weighted by Gasteiger charge is -2.34. The summed E-state index contributed by atoms with van der Waals surface area (Å²) in [6.45, 7) is 4.52. The van der Waals surface area contributed by atoms with Crippen molar-refractivity contribution < 1.29 is 9.84 Å². The molecule has 1 aromatic rings. The third-order valence-electron chi connectivity index (χ3n) is 2.64. The van der Waals surface area contributed by atoms with E-state index in [1.807, 2.05) is 12.1 Å². The molecule has 76 valence electrons. The molecule has 0 radical (unpaired) electrons. The van der Waals surface area contributed by atoms with E-state index in [0.29, 0.717) is 5.75 Å². The fourth-order valence-corrected chi connectivity index (χ4v) is 1.73. The van der Waals surface area contributed by atoms with E-state index in [1.165, 1.54) is 0 Å². The number of hydrogen-bond acceptors (Lipinski definition) is 3. The van der Waals surface area contributed by atoms with Gasteiger partial charge in [0, 0.05) is 13.1 Å². The average molecular weight is 193 g/mol. The molecule has 0 aromatic heterocycles. The van der Waals surface area contributed by atoms with Crippen LogP contribution in [-0.4, -0.2) is 24.8 Å². The third kappa shape index (κ3) is 1.74. The number of phenolic OH excluding ortho intramolecular Hbond substituents is 1. The highest BCUT2D eigenvalue weighted by molar-refractivity contribution is 5.30. The normalized spacial score (nSPS) is 27.5. The summed E-state index contributed by atoms with van der Waals surface area (Å²) in [6, 6.07) is 7.20. The van der Waals surface area contributed by atoms with E-state index in [2.05, 4.69) is 12.2 Å². The van der Waals surface area contributed by atoms with Crippen molar-refractivity contribution in [3.05, 3.63) is 29.8 Å². The molecule has 3 nitrogen and oxygen atoms in total. The topological polar surface area (TPSA) is 41.5 Å². The van der Waals surface area contributed by atoms with Crippen LogP contribution in [0.3, 0.4) is 0 Å². The quantitative estimate of drug-likeness (QED) is 0.704. The van der Waals surface area contributed by atoms with Crippen LogP contribution in [0.4, 0.5) is 0 Å². The van der Waals surface area contributed by atoms with Crippen molar-refractivity contribution in [2.24, 2.45) is 0 Å².